The number of carbonyl (C=O) groups excluding carboxylic acids is 1. The van der Waals surface area contributed by atoms with Crippen LogP contribution in [0, 0.1) is 0 Å². The van der Waals surface area contributed by atoms with Crippen molar-refractivity contribution in [3.05, 3.63) is 46.6 Å². The topological polar surface area (TPSA) is 56.2 Å². The van der Waals surface area contributed by atoms with Gasteiger partial charge in [-0.3, -0.25) is 9.48 Å². The summed E-state index contributed by atoms with van der Waals surface area (Å²) in [6, 6.07) is 7.41. The lowest BCUT2D eigenvalue weighted by atomic mass is 10.2. The molecule has 1 N–H and O–H groups in total. The van der Waals surface area contributed by atoms with Crippen molar-refractivity contribution in [1.82, 2.24) is 15.1 Å². The Kier molecular flexibility index (Phi) is 5.22. The number of aromatic nitrogens is 2. The molecule has 0 saturated carbocycles. The number of hydrogen-bond donors (Lipinski definition) is 1. The number of benzene rings is 1. The maximum Gasteiger partial charge on any atom is 0.258 e. The normalized spacial score (nSPS) is 10.4. The van der Waals surface area contributed by atoms with Crippen LogP contribution in [0.3, 0.4) is 0 Å². The second-order valence-electron chi connectivity index (χ2n) is 4.41. The molecule has 0 fully saturated rings. The van der Waals surface area contributed by atoms with Gasteiger partial charge in [0.05, 0.1) is 6.61 Å². The molecule has 0 aliphatic heterocycles. The van der Waals surface area contributed by atoms with E-state index in [9.17, 15) is 4.79 Å². The zero-order valence-electron chi connectivity index (χ0n) is 12.1. The number of rotatable bonds is 6. The van der Waals surface area contributed by atoms with Crippen LogP contribution in [0.1, 0.15) is 29.8 Å². The van der Waals surface area contributed by atoms with Crippen LogP contribution in [0.5, 0.6) is 5.88 Å². The lowest BCUT2D eigenvalue weighted by molar-refractivity contribution is 0.0947. The predicted molar refractivity (Wildman–Crippen MR) is 81.7 cm³/mol. The van der Waals surface area contributed by atoms with Gasteiger partial charge in [0, 0.05) is 24.3 Å². The highest BCUT2D eigenvalue weighted by atomic mass is 35.5. The Hall–Kier alpha value is -2.01. The number of amides is 1. The molecular weight excluding hydrogens is 290 g/mol. The van der Waals surface area contributed by atoms with Gasteiger partial charge in [0.1, 0.15) is 5.56 Å². The lowest BCUT2D eigenvalue weighted by Gasteiger charge is -2.07. The van der Waals surface area contributed by atoms with E-state index in [0.29, 0.717) is 36.2 Å². The first-order chi connectivity index (χ1) is 10.2. The molecule has 21 heavy (non-hydrogen) atoms. The van der Waals surface area contributed by atoms with Crippen LogP contribution in [-0.4, -0.2) is 22.3 Å². The van der Waals surface area contributed by atoms with Crippen molar-refractivity contribution in [3.63, 3.8) is 0 Å². The minimum atomic E-state index is -0.224. The fourth-order valence-corrected chi connectivity index (χ4v) is 2.08. The molecule has 5 nitrogen and oxygen atoms in total. The third-order valence-corrected chi connectivity index (χ3v) is 3.34. The van der Waals surface area contributed by atoms with Crippen molar-refractivity contribution < 1.29 is 9.53 Å². The molecule has 6 heteroatoms. The highest BCUT2D eigenvalue weighted by Gasteiger charge is 2.17. The molecule has 2 aromatic rings. The fourth-order valence-electron chi connectivity index (χ4n) is 1.88. The van der Waals surface area contributed by atoms with E-state index in [-0.39, 0.29) is 5.91 Å². The lowest BCUT2D eigenvalue weighted by Crippen LogP contribution is -2.23. The second-order valence-corrected chi connectivity index (χ2v) is 4.82. The summed E-state index contributed by atoms with van der Waals surface area (Å²) in [5.74, 6) is 0.133. The zero-order chi connectivity index (χ0) is 15.2. The van der Waals surface area contributed by atoms with E-state index < -0.39 is 0 Å². The SMILES string of the molecule is CCOc1nn(CC)cc1C(=O)NCc1ccccc1Cl. The molecule has 1 amide bonds. The standard InChI is InChI=1S/C15H18ClN3O2/c1-3-19-10-12(15(18-19)21-4-2)14(20)17-9-11-7-5-6-8-13(11)16/h5-8,10H,3-4,9H2,1-2H3,(H,17,20). The van der Waals surface area contributed by atoms with E-state index in [1.165, 1.54) is 0 Å². The monoisotopic (exact) mass is 307 g/mol. The molecule has 0 aliphatic carbocycles. The van der Waals surface area contributed by atoms with Gasteiger partial charge in [0.2, 0.25) is 5.88 Å². The van der Waals surface area contributed by atoms with Gasteiger partial charge in [-0.05, 0) is 25.5 Å². The van der Waals surface area contributed by atoms with Crippen molar-refractivity contribution >= 4 is 17.5 Å². The van der Waals surface area contributed by atoms with Crippen LogP contribution >= 0.6 is 11.6 Å². The first kappa shape index (κ1) is 15.4. The van der Waals surface area contributed by atoms with E-state index in [1.54, 1.807) is 16.9 Å². The van der Waals surface area contributed by atoms with Crippen LogP contribution in [0.15, 0.2) is 30.5 Å². The molecule has 0 atom stereocenters. The minimum Gasteiger partial charge on any atom is -0.476 e. The molecule has 0 radical (unpaired) electrons. The van der Waals surface area contributed by atoms with E-state index in [4.69, 9.17) is 16.3 Å². The van der Waals surface area contributed by atoms with Crippen LogP contribution in [0.4, 0.5) is 0 Å². The Morgan fingerprint density at radius 3 is 2.81 bits per heavy atom. The van der Waals surface area contributed by atoms with Crippen molar-refractivity contribution in [1.29, 1.82) is 0 Å². The third kappa shape index (κ3) is 3.76. The van der Waals surface area contributed by atoms with Gasteiger partial charge in [-0.25, -0.2) is 0 Å². The summed E-state index contributed by atoms with van der Waals surface area (Å²) in [7, 11) is 0. The molecular formula is C15H18ClN3O2. The minimum absolute atomic E-state index is 0.224. The number of carbonyl (C=O) groups is 1. The average Bonchev–Trinajstić information content (AvgIpc) is 2.90. The van der Waals surface area contributed by atoms with Gasteiger partial charge in [-0.1, -0.05) is 29.8 Å². The Morgan fingerprint density at radius 1 is 1.38 bits per heavy atom. The molecule has 2 rings (SSSR count). The molecule has 0 saturated heterocycles. The number of aryl methyl sites for hydroxylation is 1. The number of nitrogens with one attached hydrogen (secondary N) is 1. The highest BCUT2D eigenvalue weighted by molar-refractivity contribution is 6.31. The van der Waals surface area contributed by atoms with Crippen LogP contribution in [0.25, 0.3) is 0 Å². The Labute approximate surface area is 128 Å². The predicted octanol–water partition coefficient (Wildman–Crippen LogP) is 2.89. The van der Waals surface area contributed by atoms with Gasteiger partial charge < -0.3 is 10.1 Å². The van der Waals surface area contributed by atoms with Crippen molar-refractivity contribution in [2.24, 2.45) is 0 Å². The maximum absolute atomic E-state index is 12.3. The summed E-state index contributed by atoms with van der Waals surface area (Å²) in [5.41, 5.74) is 1.30. The van der Waals surface area contributed by atoms with E-state index in [1.807, 2.05) is 32.0 Å². The molecule has 1 aromatic carbocycles. The van der Waals surface area contributed by atoms with Crippen molar-refractivity contribution in [3.8, 4) is 5.88 Å². The highest BCUT2D eigenvalue weighted by Crippen LogP contribution is 2.18. The van der Waals surface area contributed by atoms with E-state index in [2.05, 4.69) is 10.4 Å². The summed E-state index contributed by atoms with van der Waals surface area (Å²) in [4.78, 5) is 12.3. The molecule has 0 unspecified atom stereocenters. The van der Waals surface area contributed by atoms with Gasteiger partial charge in [-0.15, -0.1) is 5.10 Å². The Morgan fingerprint density at radius 2 is 2.14 bits per heavy atom. The fraction of sp³-hybridized carbons (Fsp3) is 0.333. The number of halogens is 1. The molecule has 0 bridgehead atoms. The Balaban J connectivity index is 2.09. The smallest absolute Gasteiger partial charge is 0.258 e. The summed E-state index contributed by atoms with van der Waals surface area (Å²) in [6.45, 7) is 5.31. The quantitative estimate of drug-likeness (QED) is 0.893. The summed E-state index contributed by atoms with van der Waals surface area (Å²) < 4.78 is 7.07. The molecule has 0 aliphatic rings. The Bertz CT molecular complexity index is 625. The maximum atomic E-state index is 12.3. The zero-order valence-corrected chi connectivity index (χ0v) is 12.9. The van der Waals surface area contributed by atoms with Gasteiger partial charge >= 0.3 is 0 Å². The van der Waals surface area contributed by atoms with Gasteiger partial charge in [0.15, 0.2) is 0 Å². The van der Waals surface area contributed by atoms with Crippen LogP contribution in [-0.2, 0) is 13.1 Å². The number of nitrogens with zero attached hydrogens (tertiary/aromatic N) is 2. The molecule has 1 heterocycles. The average molecular weight is 308 g/mol. The number of hydrogen-bond acceptors (Lipinski definition) is 3. The van der Waals surface area contributed by atoms with Gasteiger partial charge in [0.25, 0.3) is 5.91 Å². The van der Waals surface area contributed by atoms with Crippen molar-refractivity contribution in [2.75, 3.05) is 6.61 Å². The second kappa shape index (κ2) is 7.13. The molecule has 0 spiro atoms. The third-order valence-electron chi connectivity index (χ3n) is 2.97. The first-order valence-corrected chi connectivity index (χ1v) is 7.25. The molecule has 112 valence electrons. The van der Waals surface area contributed by atoms with Crippen molar-refractivity contribution in [2.45, 2.75) is 26.9 Å². The van der Waals surface area contributed by atoms with E-state index >= 15 is 0 Å². The first-order valence-electron chi connectivity index (χ1n) is 6.87. The summed E-state index contributed by atoms with van der Waals surface area (Å²) in [6.07, 6.45) is 1.69. The van der Waals surface area contributed by atoms with Crippen LogP contribution in [0.2, 0.25) is 5.02 Å². The van der Waals surface area contributed by atoms with E-state index in [0.717, 1.165) is 5.56 Å². The number of ether oxygens (including phenoxy) is 1. The summed E-state index contributed by atoms with van der Waals surface area (Å²) in [5, 5.41) is 7.69. The van der Waals surface area contributed by atoms with Crippen LogP contribution < -0.4 is 10.1 Å². The van der Waals surface area contributed by atoms with Gasteiger partial charge in [-0.2, -0.15) is 0 Å². The molecule has 1 aromatic heterocycles. The largest absolute Gasteiger partial charge is 0.476 e. The summed E-state index contributed by atoms with van der Waals surface area (Å²) >= 11 is 6.07.